The Bertz CT molecular complexity index is 1060. The monoisotopic (exact) mass is 365 g/mol. The number of nitrogens with one attached hydrogen (secondary N) is 3. The fourth-order valence-corrected chi connectivity index (χ4v) is 3.17. The number of imidazole rings is 1. The molecule has 1 amide bonds. The van der Waals surface area contributed by atoms with Crippen molar-refractivity contribution in [3.63, 3.8) is 0 Å². The van der Waals surface area contributed by atoms with Gasteiger partial charge in [-0.15, -0.1) is 0 Å². The maximum atomic E-state index is 12.2. The van der Waals surface area contributed by atoms with E-state index in [-0.39, 0.29) is 17.0 Å². The van der Waals surface area contributed by atoms with E-state index in [9.17, 15) is 9.59 Å². The second-order valence-electron chi connectivity index (χ2n) is 7.23. The Balaban J connectivity index is 1.33. The lowest BCUT2D eigenvalue weighted by molar-refractivity contribution is 0.0951. The van der Waals surface area contributed by atoms with Crippen LogP contribution in [0.1, 0.15) is 58.3 Å². The van der Waals surface area contributed by atoms with E-state index in [0.29, 0.717) is 18.3 Å². The zero-order chi connectivity index (χ0) is 19.0. The average molecular weight is 365 g/mol. The molecule has 0 radical (unpaired) electrons. The Morgan fingerprint density at radius 1 is 1.26 bits per heavy atom. The summed E-state index contributed by atoms with van der Waals surface area (Å²) in [4.78, 5) is 39.2. The van der Waals surface area contributed by atoms with Crippen molar-refractivity contribution in [1.82, 2.24) is 25.3 Å². The molecule has 3 N–H and O–H groups in total. The molecule has 1 aromatic carbocycles. The normalized spacial score (nSPS) is 13.9. The summed E-state index contributed by atoms with van der Waals surface area (Å²) in [5.74, 6) is 1.56. The van der Waals surface area contributed by atoms with Crippen LogP contribution in [0.5, 0.6) is 0 Å². The molecule has 4 rings (SSSR count). The van der Waals surface area contributed by atoms with E-state index in [0.717, 1.165) is 42.5 Å². The first-order valence-electron chi connectivity index (χ1n) is 9.35. The molecule has 7 heteroatoms. The number of hydrogen-bond donors (Lipinski definition) is 3. The van der Waals surface area contributed by atoms with Crippen LogP contribution in [-0.2, 0) is 6.42 Å². The molecule has 3 aromatic rings. The van der Waals surface area contributed by atoms with Crippen molar-refractivity contribution < 1.29 is 4.79 Å². The smallest absolute Gasteiger partial charge is 0.263 e. The highest BCUT2D eigenvalue weighted by Crippen LogP contribution is 2.37. The quantitative estimate of drug-likeness (QED) is 0.584. The minimum atomic E-state index is -0.387. The van der Waals surface area contributed by atoms with Crippen molar-refractivity contribution in [2.45, 2.75) is 45.4 Å². The molecule has 0 atom stereocenters. The summed E-state index contributed by atoms with van der Waals surface area (Å²) in [6.45, 7) is 4.62. The van der Waals surface area contributed by atoms with Crippen molar-refractivity contribution in [3.8, 4) is 0 Å². The molecular weight excluding hydrogens is 342 g/mol. The maximum Gasteiger partial charge on any atom is 0.263 e. The Kier molecular flexibility index (Phi) is 4.51. The number of aryl methyl sites for hydroxylation is 3. The summed E-state index contributed by atoms with van der Waals surface area (Å²) in [5, 5.41) is 2.79. The van der Waals surface area contributed by atoms with Crippen LogP contribution in [0.15, 0.2) is 23.1 Å². The number of fused-ring (bicyclic) bond motifs is 1. The fraction of sp³-hybridized carbons (Fsp3) is 0.400. The van der Waals surface area contributed by atoms with E-state index in [1.165, 1.54) is 17.3 Å². The summed E-state index contributed by atoms with van der Waals surface area (Å²) in [6.07, 6.45) is 4.94. The third-order valence-corrected chi connectivity index (χ3v) is 5.13. The van der Waals surface area contributed by atoms with Gasteiger partial charge in [-0.2, -0.15) is 0 Å². The van der Waals surface area contributed by atoms with Crippen LogP contribution in [0, 0.1) is 13.8 Å². The highest BCUT2D eigenvalue weighted by Gasteiger charge is 2.26. The molecule has 0 unspecified atom stereocenters. The molecule has 1 aliphatic rings. The largest absolute Gasteiger partial charge is 0.352 e. The van der Waals surface area contributed by atoms with Gasteiger partial charge in [0.1, 0.15) is 17.2 Å². The molecule has 0 saturated heterocycles. The van der Waals surface area contributed by atoms with E-state index in [4.69, 9.17) is 0 Å². The lowest BCUT2D eigenvalue weighted by Gasteiger charge is -2.04. The van der Waals surface area contributed by atoms with Crippen LogP contribution < -0.4 is 10.9 Å². The number of aromatic nitrogens is 4. The van der Waals surface area contributed by atoms with Gasteiger partial charge in [-0.1, -0.05) is 6.07 Å². The minimum absolute atomic E-state index is 0.0641. The van der Waals surface area contributed by atoms with Crippen LogP contribution in [0.3, 0.4) is 0 Å². The van der Waals surface area contributed by atoms with Gasteiger partial charge in [0.25, 0.3) is 11.5 Å². The number of hydrogen-bond acceptors (Lipinski definition) is 4. The van der Waals surface area contributed by atoms with E-state index >= 15 is 0 Å². The minimum Gasteiger partial charge on any atom is -0.352 e. The van der Waals surface area contributed by atoms with E-state index in [1.54, 1.807) is 0 Å². The number of aromatic amines is 2. The molecule has 7 nitrogen and oxygen atoms in total. The molecule has 0 bridgehead atoms. The lowest BCUT2D eigenvalue weighted by atomic mass is 10.1. The van der Waals surface area contributed by atoms with Crippen molar-refractivity contribution >= 4 is 16.9 Å². The van der Waals surface area contributed by atoms with Gasteiger partial charge in [-0.3, -0.25) is 9.59 Å². The SMILES string of the molecule is Cc1ccc2[nH]c(CCCNC(=O)c3cnc(C4CC4)[nH]c3=O)nc2c1C. The maximum absolute atomic E-state index is 12.2. The van der Waals surface area contributed by atoms with Gasteiger partial charge in [0.15, 0.2) is 0 Å². The van der Waals surface area contributed by atoms with Crippen LogP contribution in [0.4, 0.5) is 0 Å². The van der Waals surface area contributed by atoms with Gasteiger partial charge >= 0.3 is 0 Å². The molecule has 2 heterocycles. The second kappa shape index (κ2) is 6.98. The lowest BCUT2D eigenvalue weighted by Crippen LogP contribution is -2.31. The number of nitrogens with zero attached hydrogens (tertiary/aromatic N) is 2. The number of H-pyrrole nitrogens is 2. The molecule has 1 aliphatic carbocycles. The van der Waals surface area contributed by atoms with Crippen molar-refractivity contribution in [1.29, 1.82) is 0 Å². The Morgan fingerprint density at radius 2 is 2.07 bits per heavy atom. The third-order valence-electron chi connectivity index (χ3n) is 5.13. The highest BCUT2D eigenvalue weighted by atomic mass is 16.2. The number of rotatable bonds is 6. The molecule has 0 spiro atoms. The first kappa shape index (κ1) is 17.5. The van der Waals surface area contributed by atoms with Gasteiger partial charge in [0.05, 0.1) is 11.0 Å². The van der Waals surface area contributed by atoms with Gasteiger partial charge in [0, 0.05) is 25.1 Å². The zero-order valence-corrected chi connectivity index (χ0v) is 15.6. The molecule has 1 saturated carbocycles. The number of amides is 1. The number of carbonyl (C=O) groups is 1. The van der Waals surface area contributed by atoms with Gasteiger partial charge < -0.3 is 15.3 Å². The summed E-state index contributed by atoms with van der Waals surface area (Å²) >= 11 is 0. The van der Waals surface area contributed by atoms with Gasteiger partial charge in [-0.05, 0) is 50.3 Å². The van der Waals surface area contributed by atoms with E-state index in [2.05, 4.69) is 45.2 Å². The Morgan fingerprint density at radius 3 is 2.81 bits per heavy atom. The fourth-order valence-electron chi connectivity index (χ4n) is 3.17. The van der Waals surface area contributed by atoms with Gasteiger partial charge in [0.2, 0.25) is 0 Å². The summed E-state index contributed by atoms with van der Waals surface area (Å²) in [5.41, 5.74) is 4.14. The van der Waals surface area contributed by atoms with Gasteiger partial charge in [-0.25, -0.2) is 9.97 Å². The molecule has 140 valence electrons. The van der Waals surface area contributed by atoms with E-state index in [1.807, 2.05) is 6.07 Å². The van der Waals surface area contributed by atoms with E-state index < -0.39 is 0 Å². The predicted molar refractivity (Wildman–Crippen MR) is 103 cm³/mol. The van der Waals surface area contributed by atoms with Crippen LogP contribution >= 0.6 is 0 Å². The first-order valence-corrected chi connectivity index (χ1v) is 9.35. The zero-order valence-electron chi connectivity index (χ0n) is 15.6. The molecule has 27 heavy (non-hydrogen) atoms. The molecule has 2 aromatic heterocycles. The van der Waals surface area contributed by atoms with Crippen molar-refractivity contribution in [2.24, 2.45) is 0 Å². The molecule has 1 fully saturated rings. The van der Waals surface area contributed by atoms with Crippen molar-refractivity contribution in [3.05, 3.63) is 57.0 Å². The predicted octanol–water partition coefficient (Wildman–Crippen LogP) is 2.50. The summed E-state index contributed by atoms with van der Waals surface area (Å²) in [7, 11) is 0. The number of carbonyl (C=O) groups excluding carboxylic acids is 1. The standard InChI is InChI=1S/C20H23N5O2/c1-11-5-8-15-17(12(11)2)24-16(23-15)4-3-9-21-19(26)14-10-22-18(13-6-7-13)25-20(14)27/h5,8,10,13H,3-4,6-7,9H2,1-2H3,(H,21,26)(H,23,24)(H,22,25,27). The number of benzene rings is 1. The highest BCUT2D eigenvalue weighted by molar-refractivity contribution is 5.93. The summed E-state index contributed by atoms with van der Waals surface area (Å²) in [6, 6.07) is 4.13. The second-order valence-corrected chi connectivity index (χ2v) is 7.23. The van der Waals surface area contributed by atoms with Crippen molar-refractivity contribution in [2.75, 3.05) is 6.54 Å². The molecular formula is C20H23N5O2. The van der Waals surface area contributed by atoms with Crippen LogP contribution in [0.2, 0.25) is 0 Å². The topological polar surface area (TPSA) is 104 Å². The molecule has 0 aliphatic heterocycles. The van der Waals surface area contributed by atoms with Crippen LogP contribution in [-0.4, -0.2) is 32.4 Å². The Labute approximate surface area is 156 Å². The first-order chi connectivity index (χ1) is 13.0. The third kappa shape index (κ3) is 3.63. The summed E-state index contributed by atoms with van der Waals surface area (Å²) < 4.78 is 0. The van der Waals surface area contributed by atoms with Crippen LogP contribution in [0.25, 0.3) is 11.0 Å². The Hall–Kier alpha value is -2.96. The average Bonchev–Trinajstić information content (AvgIpc) is 3.42.